The molecule has 18 heavy (non-hydrogen) atoms. The van der Waals surface area contributed by atoms with Crippen LogP contribution in [-0.2, 0) is 0 Å². The number of halogens is 1. The molecule has 0 amide bonds. The highest BCUT2D eigenvalue weighted by molar-refractivity contribution is 9.10. The van der Waals surface area contributed by atoms with Gasteiger partial charge in [-0.05, 0) is 29.8 Å². The van der Waals surface area contributed by atoms with Crippen LogP contribution in [0.25, 0.3) is 0 Å². The van der Waals surface area contributed by atoms with Crippen molar-refractivity contribution in [2.45, 2.75) is 19.4 Å². The first kappa shape index (κ1) is 13.7. The molecule has 0 aromatic carbocycles. The second-order valence-electron chi connectivity index (χ2n) is 5.28. The first-order valence-electron chi connectivity index (χ1n) is 6.11. The van der Waals surface area contributed by atoms with E-state index in [0.717, 1.165) is 36.6 Å². The van der Waals surface area contributed by atoms with Crippen LogP contribution in [0.1, 0.15) is 13.8 Å². The highest BCUT2D eigenvalue weighted by Crippen LogP contribution is 2.14. The van der Waals surface area contributed by atoms with Crippen LogP contribution < -0.4 is 4.90 Å². The molecule has 1 saturated heterocycles. The van der Waals surface area contributed by atoms with E-state index in [0.29, 0.717) is 6.54 Å². The summed E-state index contributed by atoms with van der Waals surface area (Å²) in [5.41, 5.74) is -0.629. The molecule has 1 aromatic heterocycles. The lowest BCUT2D eigenvalue weighted by Crippen LogP contribution is -2.50. The van der Waals surface area contributed by atoms with Crippen molar-refractivity contribution in [2.24, 2.45) is 0 Å². The maximum absolute atomic E-state index is 9.80. The van der Waals surface area contributed by atoms with Gasteiger partial charge in [-0.25, -0.2) is 9.97 Å². The molecule has 0 radical (unpaired) electrons. The van der Waals surface area contributed by atoms with Crippen molar-refractivity contribution in [1.82, 2.24) is 14.9 Å². The van der Waals surface area contributed by atoms with Crippen molar-refractivity contribution in [2.75, 3.05) is 37.6 Å². The van der Waals surface area contributed by atoms with Gasteiger partial charge in [-0.15, -0.1) is 0 Å². The average molecular weight is 315 g/mol. The summed E-state index contributed by atoms with van der Waals surface area (Å²) in [7, 11) is 0. The zero-order valence-electron chi connectivity index (χ0n) is 10.8. The van der Waals surface area contributed by atoms with E-state index in [-0.39, 0.29) is 0 Å². The number of aromatic nitrogens is 2. The quantitative estimate of drug-likeness (QED) is 0.906. The highest BCUT2D eigenvalue weighted by Gasteiger charge is 2.23. The van der Waals surface area contributed by atoms with Crippen molar-refractivity contribution in [1.29, 1.82) is 0 Å². The van der Waals surface area contributed by atoms with Gasteiger partial charge < -0.3 is 10.0 Å². The van der Waals surface area contributed by atoms with Crippen molar-refractivity contribution < 1.29 is 5.11 Å². The minimum absolute atomic E-state index is 0.629. The Bertz CT molecular complexity index is 382. The molecule has 2 rings (SSSR count). The van der Waals surface area contributed by atoms with Crippen LogP contribution >= 0.6 is 15.9 Å². The van der Waals surface area contributed by atoms with E-state index in [1.807, 2.05) is 13.8 Å². The summed E-state index contributed by atoms with van der Waals surface area (Å²) in [5, 5.41) is 9.80. The predicted molar refractivity (Wildman–Crippen MR) is 74.7 cm³/mol. The SMILES string of the molecule is CC(C)(O)CN1CCN(c2ncc(Br)cn2)CC1. The summed E-state index contributed by atoms with van der Waals surface area (Å²) in [5.74, 6) is 0.779. The fraction of sp³-hybridized carbons (Fsp3) is 0.667. The molecule has 0 unspecified atom stereocenters. The molecule has 1 N–H and O–H groups in total. The summed E-state index contributed by atoms with van der Waals surface area (Å²) in [6.07, 6.45) is 3.54. The van der Waals surface area contributed by atoms with Gasteiger partial charge in [0.05, 0.1) is 10.1 Å². The molecule has 1 aromatic rings. The smallest absolute Gasteiger partial charge is 0.225 e. The van der Waals surface area contributed by atoms with E-state index in [1.54, 1.807) is 12.4 Å². The van der Waals surface area contributed by atoms with Crippen LogP contribution in [0.15, 0.2) is 16.9 Å². The van der Waals surface area contributed by atoms with Gasteiger partial charge in [-0.1, -0.05) is 0 Å². The number of anilines is 1. The molecular weight excluding hydrogens is 296 g/mol. The summed E-state index contributed by atoms with van der Waals surface area (Å²) in [4.78, 5) is 13.1. The number of nitrogens with zero attached hydrogens (tertiary/aromatic N) is 4. The van der Waals surface area contributed by atoms with Gasteiger partial charge in [-0.2, -0.15) is 0 Å². The third-order valence-electron chi connectivity index (χ3n) is 2.87. The Balaban J connectivity index is 1.88. The Morgan fingerprint density at radius 1 is 1.22 bits per heavy atom. The molecule has 0 aliphatic carbocycles. The van der Waals surface area contributed by atoms with Crippen molar-refractivity contribution in [3.8, 4) is 0 Å². The van der Waals surface area contributed by atoms with Crippen molar-refractivity contribution in [3.05, 3.63) is 16.9 Å². The molecule has 1 fully saturated rings. The van der Waals surface area contributed by atoms with Gasteiger partial charge in [0.2, 0.25) is 5.95 Å². The van der Waals surface area contributed by atoms with E-state index >= 15 is 0 Å². The maximum atomic E-state index is 9.80. The number of aliphatic hydroxyl groups is 1. The molecule has 1 aliphatic heterocycles. The van der Waals surface area contributed by atoms with E-state index in [9.17, 15) is 5.11 Å². The summed E-state index contributed by atoms with van der Waals surface area (Å²) >= 11 is 3.33. The fourth-order valence-corrected chi connectivity index (χ4v) is 2.33. The Morgan fingerprint density at radius 3 is 2.28 bits per heavy atom. The lowest BCUT2D eigenvalue weighted by atomic mass is 10.1. The predicted octanol–water partition coefficient (Wildman–Crippen LogP) is 1.13. The van der Waals surface area contributed by atoms with Crippen molar-refractivity contribution >= 4 is 21.9 Å². The van der Waals surface area contributed by atoms with Crippen LogP contribution in [0.2, 0.25) is 0 Å². The molecule has 0 atom stereocenters. The van der Waals surface area contributed by atoms with Crippen molar-refractivity contribution in [3.63, 3.8) is 0 Å². The largest absolute Gasteiger partial charge is 0.389 e. The van der Waals surface area contributed by atoms with E-state index in [1.165, 1.54) is 0 Å². The van der Waals surface area contributed by atoms with Crippen LogP contribution in [0, 0.1) is 0 Å². The minimum Gasteiger partial charge on any atom is -0.389 e. The molecule has 0 spiro atoms. The molecule has 100 valence electrons. The van der Waals surface area contributed by atoms with Crippen LogP contribution in [0.3, 0.4) is 0 Å². The monoisotopic (exact) mass is 314 g/mol. The van der Waals surface area contributed by atoms with E-state index in [2.05, 4.69) is 35.7 Å². The highest BCUT2D eigenvalue weighted by atomic mass is 79.9. The normalized spacial score (nSPS) is 18.1. The summed E-state index contributed by atoms with van der Waals surface area (Å²) in [6, 6.07) is 0. The van der Waals surface area contributed by atoms with Gasteiger partial charge in [0.15, 0.2) is 0 Å². The first-order chi connectivity index (χ1) is 8.44. The average Bonchev–Trinajstić information content (AvgIpc) is 2.29. The Hall–Kier alpha value is -0.720. The van der Waals surface area contributed by atoms with Crippen LogP contribution in [-0.4, -0.2) is 58.3 Å². The molecular formula is C12H19BrN4O. The van der Waals surface area contributed by atoms with Gasteiger partial charge in [0.1, 0.15) is 0 Å². The first-order valence-corrected chi connectivity index (χ1v) is 6.90. The maximum Gasteiger partial charge on any atom is 0.225 e. The number of hydrogen-bond acceptors (Lipinski definition) is 5. The number of piperazine rings is 1. The van der Waals surface area contributed by atoms with Gasteiger partial charge in [-0.3, -0.25) is 4.90 Å². The zero-order chi connectivity index (χ0) is 13.2. The number of hydrogen-bond donors (Lipinski definition) is 1. The standard InChI is InChI=1S/C12H19BrN4O/c1-12(2,18)9-16-3-5-17(6-4-16)11-14-7-10(13)8-15-11/h7-8,18H,3-6,9H2,1-2H3. The minimum atomic E-state index is -0.629. The van der Waals surface area contributed by atoms with Gasteiger partial charge >= 0.3 is 0 Å². The number of β-amino-alcohol motifs (C(OH)–C–C–N with tert-alkyl or cyclic N) is 1. The number of rotatable bonds is 3. The molecule has 6 heteroatoms. The lowest BCUT2D eigenvalue weighted by molar-refractivity contribution is 0.0344. The Kier molecular flexibility index (Phi) is 4.19. The second-order valence-corrected chi connectivity index (χ2v) is 6.19. The molecule has 0 saturated carbocycles. The molecule has 0 bridgehead atoms. The van der Waals surface area contributed by atoms with Gasteiger partial charge in [0, 0.05) is 45.1 Å². The molecule has 2 heterocycles. The summed E-state index contributed by atoms with van der Waals surface area (Å²) < 4.78 is 0.895. The van der Waals surface area contributed by atoms with E-state index in [4.69, 9.17) is 0 Å². The second kappa shape index (κ2) is 5.50. The fourth-order valence-electron chi connectivity index (χ4n) is 2.12. The topological polar surface area (TPSA) is 52.5 Å². The lowest BCUT2D eigenvalue weighted by Gasteiger charge is -2.37. The van der Waals surface area contributed by atoms with Gasteiger partial charge in [0.25, 0.3) is 0 Å². The third-order valence-corrected chi connectivity index (χ3v) is 3.28. The third kappa shape index (κ3) is 3.90. The Morgan fingerprint density at radius 2 is 1.78 bits per heavy atom. The van der Waals surface area contributed by atoms with Crippen LogP contribution in [0.4, 0.5) is 5.95 Å². The zero-order valence-corrected chi connectivity index (χ0v) is 12.4. The molecule has 1 aliphatic rings. The molecule has 5 nitrogen and oxygen atoms in total. The van der Waals surface area contributed by atoms with E-state index < -0.39 is 5.60 Å². The summed E-state index contributed by atoms with van der Waals surface area (Å²) in [6.45, 7) is 8.07. The Labute approximate surface area is 116 Å². The van der Waals surface area contributed by atoms with Crippen LogP contribution in [0.5, 0.6) is 0 Å².